The number of rotatable bonds is 3. The minimum Gasteiger partial charge on any atom is -0.458 e. The predicted molar refractivity (Wildman–Crippen MR) is 77.9 cm³/mol. The highest BCUT2D eigenvalue weighted by molar-refractivity contribution is 5.94. The van der Waals surface area contributed by atoms with Gasteiger partial charge in [0.1, 0.15) is 17.7 Å². The molecule has 1 aliphatic heterocycles. The molecule has 1 aromatic carbocycles. The summed E-state index contributed by atoms with van der Waals surface area (Å²) in [6, 6.07) is 2.86. The van der Waals surface area contributed by atoms with Gasteiger partial charge in [0.15, 0.2) is 5.82 Å². The molecule has 8 heteroatoms. The Morgan fingerprint density at radius 3 is 2.62 bits per heavy atom. The molecule has 1 aromatic heterocycles. The lowest BCUT2D eigenvalue weighted by molar-refractivity contribution is 0.0511. The first-order valence-electron chi connectivity index (χ1n) is 7.41. The average Bonchev–Trinajstić information content (AvgIpc) is 2.57. The fraction of sp³-hybridized carbons (Fsp3) is 0.312. The second kappa shape index (κ2) is 6.86. The van der Waals surface area contributed by atoms with Crippen LogP contribution in [0.2, 0.25) is 0 Å². The zero-order valence-corrected chi connectivity index (χ0v) is 12.6. The monoisotopic (exact) mass is 337 g/mol. The van der Waals surface area contributed by atoms with Crippen LogP contribution in [0.3, 0.4) is 0 Å². The molecule has 1 amide bonds. The van der Waals surface area contributed by atoms with Gasteiger partial charge in [0.05, 0.1) is 24.5 Å². The predicted octanol–water partition coefficient (Wildman–Crippen LogP) is 2.58. The number of aromatic nitrogens is 2. The molecule has 1 atom stereocenters. The van der Waals surface area contributed by atoms with Gasteiger partial charge in [0.25, 0.3) is 5.91 Å². The van der Waals surface area contributed by atoms with Crippen LogP contribution in [0, 0.1) is 17.5 Å². The summed E-state index contributed by atoms with van der Waals surface area (Å²) in [5.74, 6) is -2.74. The maximum atomic E-state index is 13.8. The van der Waals surface area contributed by atoms with Crippen LogP contribution in [0.15, 0.2) is 30.6 Å². The summed E-state index contributed by atoms with van der Waals surface area (Å²) in [5, 5.41) is 0. The average molecular weight is 337 g/mol. The number of piperidine rings is 1. The molecule has 24 heavy (non-hydrogen) atoms. The maximum Gasteiger partial charge on any atom is 0.316 e. The van der Waals surface area contributed by atoms with Crippen molar-refractivity contribution in [3.8, 4) is 6.01 Å². The van der Waals surface area contributed by atoms with E-state index in [0.717, 1.165) is 24.5 Å². The van der Waals surface area contributed by atoms with Gasteiger partial charge in [-0.15, -0.1) is 0 Å². The summed E-state index contributed by atoms with van der Waals surface area (Å²) in [5.41, 5.74) is -0.185. The van der Waals surface area contributed by atoms with Crippen molar-refractivity contribution in [3.63, 3.8) is 0 Å². The molecule has 5 nitrogen and oxygen atoms in total. The van der Waals surface area contributed by atoms with E-state index in [1.54, 1.807) is 0 Å². The number of likely N-dealkylation sites (tertiary alicyclic amines) is 1. The van der Waals surface area contributed by atoms with Crippen LogP contribution in [-0.2, 0) is 0 Å². The number of amides is 1. The van der Waals surface area contributed by atoms with Gasteiger partial charge in [-0.2, -0.15) is 0 Å². The highest BCUT2D eigenvalue weighted by Crippen LogP contribution is 2.19. The first kappa shape index (κ1) is 16.2. The lowest BCUT2D eigenvalue weighted by Crippen LogP contribution is -2.44. The first-order valence-corrected chi connectivity index (χ1v) is 7.41. The van der Waals surface area contributed by atoms with Crippen LogP contribution >= 0.6 is 0 Å². The van der Waals surface area contributed by atoms with Gasteiger partial charge in [-0.25, -0.2) is 23.1 Å². The highest BCUT2D eigenvalue weighted by Gasteiger charge is 2.27. The molecule has 1 fully saturated rings. The molecule has 126 valence electrons. The minimum absolute atomic E-state index is 0.0173. The second-order valence-corrected chi connectivity index (χ2v) is 5.44. The topological polar surface area (TPSA) is 55.3 Å². The van der Waals surface area contributed by atoms with E-state index in [-0.39, 0.29) is 24.2 Å². The summed E-state index contributed by atoms with van der Waals surface area (Å²) in [6.07, 6.45) is 2.91. The maximum absolute atomic E-state index is 13.8. The summed E-state index contributed by atoms with van der Waals surface area (Å²) in [6.45, 7) is 0.663. The second-order valence-electron chi connectivity index (χ2n) is 5.44. The largest absolute Gasteiger partial charge is 0.458 e. The zero-order chi connectivity index (χ0) is 17.1. The van der Waals surface area contributed by atoms with Crippen LogP contribution in [0.25, 0.3) is 0 Å². The minimum atomic E-state index is -0.898. The van der Waals surface area contributed by atoms with E-state index in [1.165, 1.54) is 4.90 Å². The summed E-state index contributed by atoms with van der Waals surface area (Å²) in [4.78, 5) is 21.3. The molecule has 1 saturated heterocycles. The number of nitrogens with zero attached hydrogens (tertiary/aromatic N) is 3. The van der Waals surface area contributed by atoms with Gasteiger partial charge < -0.3 is 9.64 Å². The standard InChI is InChI=1S/C16H14F3N3O2/c17-10-3-4-13(14(19)6-10)15(23)22-5-1-2-12(9-22)24-16-20-7-11(18)8-21-16/h3-4,6-8,12H,1-2,5,9H2. The van der Waals surface area contributed by atoms with Crippen molar-refractivity contribution in [3.05, 3.63) is 53.6 Å². The van der Waals surface area contributed by atoms with Crippen molar-refractivity contribution in [1.29, 1.82) is 0 Å². The number of halogens is 3. The molecule has 0 radical (unpaired) electrons. The normalized spacial score (nSPS) is 17.6. The molecule has 0 bridgehead atoms. The molecule has 3 rings (SSSR count). The van der Waals surface area contributed by atoms with E-state index in [2.05, 4.69) is 9.97 Å². The van der Waals surface area contributed by atoms with E-state index < -0.39 is 23.4 Å². The molecule has 1 unspecified atom stereocenters. The van der Waals surface area contributed by atoms with Crippen LogP contribution in [-0.4, -0.2) is 40.0 Å². The highest BCUT2D eigenvalue weighted by atomic mass is 19.1. The van der Waals surface area contributed by atoms with Crippen molar-refractivity contribution in [2.75, 3.05) is 13.1 Å². The van der Waals surface area contributed by atoms with E-state index in [9.17, 15) is 18.0 Å². The van der Waals surface area contributed by atoms with Crippen molar-refractivity contribution in [1.82, 2.24) is 14.9 Å². The Balaban J connectivity index is 1.68. The number of carbonyl (C=O) groups is 1. The smallest absolute Gasteiger partial charge is 0.316 e. The molecule has 2 heterocycles. The van der Waals surface area contributed by atoms with Crippen molar-refractivity contribution in [2.24, 2.45) is 0 Å². The Morgan fingerprint density at radius 1 is 1.17 bits per heavy atom. The van der Waals surface area contributed by atoms with Crippen molar-refractivity contribution >= 4 is 5.91 Å². The molecule has 0 aliphatic carbocycles. The zero-order valence-electron chi connectivity index (χ0n) is 12.6. The SMILES string of the molecule is O=C(c1ccc(F)cc1F)N1CCCC(Oc2ncc(F)cn2)C1. The van der Waals surface area contributed by atoms with Crippen molar-refractivity contribution in [2.45, 2.75) is 18.9 Å². The third-order valence-electron chi connectivity index (χ3n) is 3.70. The van der Waals surface area contributed by atoms with Gasteiger partial charge in [0.2, 0.25) is 0 Å². The van der Waals surface area contributed by atoms with Gasteiger partial charge in [0, 0.05) is 12.6 Å². The van der Waals surface area contributed by atoms with Gasteiger partial charge in [-0.3, -0.25) is 4.79 Å². The molecule has 0 N–H and O–H groups in total. The fourth-order valence-corrected chi connectivity index (χ4v) is 2.56. The number of benzene rings is 1. The van der Waals surface area contributed by atoms with Gasteiger partial charge in [-0.1, -0.05) is 0 Å². The molecular formula is C16H14F3N3O2. The lowest BCUT2D eigenvalue weighted by Gasteiger charge is -2.32. The Hall–Kier alpha value is -2.64. The van der Waals surface area contributed by atoms with E-state index in [0.29, 0.717) is 25.5 Å². The first-order chi connectivity index (χ1) is 11.5. The van der Waals surface area contributed by atoms with E-state index in [1.807, 2.05) is 0 Å². The third-order valence-corrected chi connectivity index (χ3v) is 3.70. The molecule has 1 aliphatic rings. The van der Waals surface area contributed by atoms with Crippen molar-refractivity contribution < 1.29 is 22.7 Å². The van der Waals surface area contributed by atoms with E-state index in [4.69, 9.17) is 4.74 Å². The van der Waals surface area contributed by atoms with Crippen LogP contribution in [0.1, 0.15) is 23.2 Å². The fourth-order valence-electron chi connectivity index (χ4n) is 2.56. The quantitative estimate of drug-likeness (QED) is 0.864. The summed E-state index contributed by atoms with van der Waals surface area (Å²) in [7, 11) is 0. The summed E-state index contributed by atoms with van der Waals surface area (Å²) < 4.78 is 45.1. The molecule has 2 aromatic rings. The van der Waals surface area contributed by atoms with E-state index >= 15 is 0 Å². The number of carbonyl (C=O) groups excluding carboxylic acids is 1. The Bertz CT molecular complexity index is 740. The van der Waals surface area contributed by atoms with Crippen LogP contribution < -0.4 is 4.74 Å². The van der Waals surface area contributed by atoms with Crippen LogP contribution in [0.4, 0.5) is 13.2 Å². The van der Waals surface area contributed by atoms with Crippen LogP contribution in [0.5, 0.6) is 6.01 Å². The Labute approximate surface area is 136 Å². The van der Waals surface area contributed by atoms with Gasteiger partial charge in [-0.05, 0) is 25.0 Å². The number of hydrogen-bond donors (Lipinski definition) is 0. The number of ether oxygens (including phenoxy) is 1. The van der Waals surface area contributed by atoms with Gasteiger partial charge >= 0.3 is 6.01 Å². The Kier molecular flexibility index (Phi) is 4.64. The number of hydrogen-bond acceptors (Lipinski definition) is 4. The Morgan fingerprint density at radius 2 is 1.92 bits per heavy atom. The third kappa shape index (κ3) is 3.64. The molecule has 0 saturated carbocycles. The lowest BCUT2D eigenvalue weighted by atomic mass is 10.1. The molecular weight excluding hydrogens is 323 g/mol. The summed E-state index contributed by atoms with van der Waals surface area (Å²) >= 11 is 0. The molecule has 0 spiro atoms.